The van der Waals surface area contributed by atoms with Crippen LogP contribution in [-0.4, -0.2) is 36.6 Å². The van der Waals surface area contributed by atoms with Gasteiger partial charge in [-0.15, -0.1) is 0 Å². The van der Waals surface area contributed by atoms with Crippen molar-refractivity contribution in [1.29, 1.82) is 0 Å². The van der Waals surface area contributed by atoms with Crippen molar-refractivity contribution in [2.24, 2.45) is 0 Å². The molecule has 2 saturated heterocycles. The normalized spacial score (nSPS) is 32.0. The standard InChI is InChI=1S/C13H21BrN4/c1-2-5-18-13(15-9-16-18)8-17-11-3-4-12(17)7-10(14)6-11/h9-12H,2-8H2,1H3. The summed E-state index contributed by atoms with van der Waals surface area (Å²) in [5.74, 6) is 1.14. The number of alkyl halides is 1. The van der Waals surface area contributed by atoms with Gasteiger partial charge in [0.1, 0.15) is 12.2 Å². The van der Waals surface area contributed by atoms with Crippen molar-refractivity contribution in [3.8, 4) is 0 Å². The fourth-order valence-electron chi connectivity index (χ4n) is 3.44. The van der Waals surface area contributed by atoms with Crippen LogP contribution in [0.2, 0.25) is 0 Å². The summed E-state index contributed by atoms with van der Waals surface area (Å²) in [5.41, 5.74) is 0. The van der Waals surface area contributed by atoms with Gasteiger partial charge in [0.2, 0.25) is 0 Å². The second kappa shape index (κ2) is 5.29. The number of piperidine rings is 1. The van der Waals surface area contributed by atoms with Gasteiger partial charge in [-0.3, -0.25) is 4.90 Å². The molecular formula is C13H21BrN4. The van der Waals surface area contributed by atoms with Gasteiger partial charge in [-0.05, 0) is 32.1 Å². The minimum absolute atomic E-state index is 0.722. The topological polar surface area (TPSA) is 34.0 Å². The van der Waals surface area contributed by atoms with Gasteiger partial charge in [-0.1, -0.05) is 22.9 Å². The molecule has 2 fully saturated rings. The molecule has 0 radical (unpaired) electrons. The molecule has 0 aliphatic carbocycles. The number of hydrogen-bond donors (Lipinski definition) is 0. The van der Waals surface area contributed by atoms with Crippen molar-refractivity contribution in [3.05, 3.63) is 12.2 Å². The van der Waals surface area contributed by atoms with Crippen molar-refractivity contribution in [2.45, 2.75) is 69.0 Å². The Morgan fingerprint density at radius 1 is 1.33 bits per heavy atom. The first-order chi connectivity index (χ1) is 8.78. The van der Waals surface area contributed by atoms with Gasteiger partial charge in [0.05, 0.1) is 6.54 Å². The van der Waals surface area contributed by atoms with E-state index in [1.165, 1.54) is 25.7 Å². The van der Waals surface area contributed by atoms with Crippen LogP contribution in [0.15, 0.2) is 6.33 Å². The van der Waals surface area contributed by atoms with Crippen molar-refractivity contribution in [1.82, 2.24) is 19.7 Å². The Kier molecular flexibility index (Phi) is 3.71. The van der Waals surface area contributed by atoms with E-state index in [4.69, 9.17) is 0 Å². The van der Waals surface area contributed by atoms with Crippen molar-refractivity contribution < 1.29 is 0 Å². The van der Waals surface area contributed by atoms with Crippen LogP contribution in [-0.2, 0) is 13.1 Å². The Morgan fingerprint density at radius 3 is 2.72 bits per heavy atom. The quantitative estimate of drug-likeness (QED) is 0.801. The van der Waals surface area contributed by atoms with E-state index in [0.29, 0.717) is 0 Å². The maximum absolute atomic E-state index is 4.44. The summed E-state index contributed by atoms with van der Waals surface area (Å²) in [6.45, 7) is 4.15. The highest BCUT2D eigenvalue weighted by atomic mass is 79.9. The minimum atomic E-state index is 0.722. The molecule has 1 aromatic rings. The van der Waals surface area contributed by atoms with Gasteiger partial charge in [0, 0.05) is 23.5 Å². The zero-order chi connectivity index (χ0) is 12.5. The van der Waals surface area contributed by atoms with E-state index < -0.39 is 0 Å². The summed E-state index contributed by atoms with van der Waals surface area (Å²) in [7, 11) is 0. The third-order valence-corrected chi connectivity index (χ3v) is 5.03. The molecule has 0 spiro atoms. The van der Waals surface area contributed by atoms with Crippen LogP contribution in [0.1, 0.15) is 44.9 Å². The van der Waals surface area contributed by atoms with E-state index in [1.807, 2.05) is 0 Å². The summed E-state index contributed by atoms with van der Waals surface area (Å²) >= 11 is 3.79. The van der Waals surface area contributed by atoms with E-state index in [2.05, 4.69) is 42.5 Å². The van der Waals surface area contributed by atoms with E-state index in [1.54, 1.807) is 6.33 Å². The maximum atomic E-state index is 4.44. The third kappa shape index (κ3) is 2.35. The van der Waals surface area contributed by atoms with E-state index in [0.717, 1.165) is 42.2 Å². The fraction of sp³-hybridized carbons (Fsp3) is 0.846. The fourth-order valence-corrected chi connectivity index (χ4v) is 4.30. The molecule has 3 heterocycles. The molecule has 2 bridgehead atoms. The molecule has 0 saturated carbocycles. The number of fused-ring (bicyclic) bond motifs is 2. The van der Waals surface area contributed by atoms with Crippen LogP contribution < -0.4 is 0 Å². The molecular weight excluding hydrogens is 292 g/mol. The molecule has 2 aliphatic heterocycles. The van der Waals surface area contributed by atoms with Crippen LogP contribution in [0.3, 0.4) is 0 Å². The predicted molar refractivity (Wildman–Crippen MR) is 74.6 cm³/mol. The number of rotatable bonds is 4. The van der Waals surface area contributed by atoms with Gasteiger partial charge in [-0.2, -0.15) is 5.10 Å². The SMILES string of the molecule is CCCn1ncnc1CN1C2CCC1CC(Br)C2. The van der Waals surface area contributed by atoms with Gasteiger partial charge in [0.15, 0.2) is 0 Å². The summed E-state index contributed by atoms with van der Waals surface area (Å²) < 4.78 is 2.07. The lowest BCUT2D eigenvalue weighted by molar-refractivity contribution is 0.131. The molecule has 5 heteroatoms. The van der Waals surface area contributed by atoms with Crippen molar-refractivity contribution in [3.63, 3.8) is 0 Å². The first-order valence-electron chi connectivity index (χ1n) is 7.04. The van der Waals surface area contributed by atoms with Crippen molar-refractivity contribution >= 4 is 15.9 Å². The molecule has 4 nitrogen and oxygen atoms in total. The Bertz CT molecular complexity index is 391. The summed E-state index contributed by atoms with van der Waals surface area (Å²) in [5, 5.41) is 4.33. The van der Waals surface area contributed by atoms with E-state index >= 15 is 0 Å². The smallest absolute Gasteiger partial charge is 0.141 e. The number of halogens is 1. The molecule has 1 aromatic heterocycles. The largest absolute Gasteiger partial charge is 0.290 e. The van der Waals surface area contributed by atoms with Crippen LogP contribution >= 0.6 is 15.9 Å². The van der Waals surface area contributed by atoms with Crippen LogP contribution in [0.4, 0.5) is 0 Å². The lowest BCUT2D eigenvalue weighted by Gasteiger charge is -2.36. The molecule has 2 aliphatic rings. The molecule has 2 unspecified atom stereocenters. The number of aryl methyl sites for hydroxylation is 1. The van der Waals surface area contributed by atoms with Gasteiger partial charge < -0.3 is 0 Å². The molecule has 2 atom stereocenters. The average molecular weight is 313 g/mol. The van der Waals surface area contributed by atoms with E-state index in [9.17, 15) is 0 Å². The zero-order valence-corrected chi connectivity index (χ0v) is 12.5. The minimum Gasteiger partial charge on any atom is -0.290 e. The van der Waals surface area contributed by atoms with Gasteiger partial charge in [-0.25, -0.2) is 9.67 Å². The average Bonchev–Trinajstić information content (AvgIpc) is 2.86. The Labute approximate surface area is 117 Å². The Morgan fingerprint density at radius 2 is 2.06 bits per heavy atom. The molecule has 3 rings (SSSR count). The number of aromatic nitrogens is 3. The lowest BCUT2D eigenvalue weighted by Crippen LogP contribution is -2.43. The predicted octanol–water partition coefficient (Wildman–Crippen LogP) is 2.58. The highest BCUT2D eigenvalue weighted by molar-refractivity contribution is 9.09. The van der Waals surface area contributed by atoms with Gasteiger partial charge in [0.25, 0.3) is 0 Å². The summed E-state index contributed by atoms with van der Waals surface area (Å²) in [6, 6.07) is 1.50. The molecule has 100 valence electrons. The highest BCUT2D eigenvalue weighted by Crippen LogP contribution is 2.39. The third-order valence-electron chi connectivity index (χ3n) is 4.28. The lowest BCUT2D eigenvalue weighted by atomic mass is 10.0. The molecule has 0 N–H and O–H groups in total. The van der Waals surface area contributed by atoms with Crippen LogP contribution in [0.5, 0.6) is 0 Å². The number of nitrogens with zero attached hydrogens (tertiary/aromatic N) is 4. The first-order valence-corrected chi connectivity index (χ1v) is 7.96. The summed E-state index contributed by atoms with van der Waals surface area (Å²) in [6.07, 6.45) is 8.11. The summed E-state index contributed by atoms with van der Waals surface area (Å²) in [4.78, 5) is 7.83. The molecule has 0 amide bonds. The van der Waals surface area contributed by atoms with E-state index in [-0.39, 0.29) is 0 Å². The van der Waals surface area contributed by atoms with Crippen LogP contribution in [0.25, 0.3) is 0 Å². The maximum Gasteiger partial charge on any atom is 0.141 e. The second-order valence-electron chi connectivity index (χ2n) is 5.53. The number of hydrogen-bond acceptors (Lipinski definition) is 3. The van der Waals surface area contributed by atoms with Gasteiger partial charge >= 0.3 is 0 Å². The second-order valence-corrected chi connectivity index (χ2v) is 6.82. The molecule has 18 heavy (non-hydrogen) atoms. The molecule has 0 aromatic carbocycles. The first kappa shape index (κ1) is 12.6. The highest BCUT2D eigenvalue weighted by Gasteiger charge is 2.40. The zero-order valence-electron chi connectivity index (χ0n) is 10.9. The Balaban J connectivity index is 1.71. The monoisotopic (exact) mass is 312 g/mol. The van der Waals surface area contributed by atoms with Crippen molar-refractivity contribution in [2.75, 3.05) is 0 Å². The Hall–Kier alpha value is -0.420. The van der Waals surface area contributed by atoms with Crippen LogP contribution in [0, 0.1) is 0 Å².